The van der Waals surface area contributed by atoms with Crippen LogP contribution in [0.15, 0.2) is 17.0 Å². The number of rotatable bonds is 3. The number of benzene rings is 1. The Morgan fingerprint density at radius 3 is 2.15 bits per heavy atom. The average Bonchev–Trinajstić information content (AvgIpc) is 2.65. The molecule has 0 heterocycles. The summed E-state index contributed by atoms with van der Waals surface area (Å²) in [6.07, 6.45) is 0. The van der Waals surface area contributed by atoms with Crippen LogP contribution in [0.4, 0.5) is 5.69 Å². The van der Waals surface area contributed by atoms with Crippen LogP contribution in [-0.2, 0) is 10.0 Å². The fourth-order valence-corrected chi connectivity index (χ4v) is 4.68. The molecule has 0 unspecified atom stereocenters. The highest BCUT2D eigenvalue weighted by Gasteiger charge is 2.66. The Kier molecular flexibility index (Phi) is 3.40. The SMILES string of the molecule is Cc1cc(Cl)c(N)cc1S(=O)(=O)NC1C(C)(C)C1(C)C. The molecule has 0 aliphatic heterocycles. The van der Waals surface area contributed by atoms with E-state index < -0.39 is 10.0 Å². The topological polar surface area (TPSA) is 72.2 Å². The van der Waals surface area contributed by atoms with Gasteiger partial charge in [-0.2, -0.15) is 0 Å². The van der Waals surface area contributed by atoms with Crippen molar-refractivity contribution in [2.45, 2.75) is 45.6 Å². The minimum absolute atomic E-state index is 0.0635. The monoisotopic (exact) mass is 316 g/mol. The molecule has 1 aliphatic carbocycles. The summed E-state index contributed by atoms with van der Waals surface area (Å²) in [5, 5.41) is 0.369. The summed E-state index contributed by atoms with van der Waals surface area (Å²) in [7, 11) is -3.60. The predicted molar refractivity (Wildman–Crippen MR) is 82.3 cm³/mol. The van der Waals surface area contributed by atoms with Crippen LogP contribution in [0.3, 0.4) is 0 Å². The fraction of sp³-hybridized carbons (Fsp3) is 0.571. The van der Waals surface area contributed by atoms with Gasteiger partial charge in [0.15, 0.2) is 0 Å². The molecule has 0 spiro atoms. The lowest BCUT2D eigenvalue weighted by Gasteiger charge is -2.12. The Bertz CT molecular complexity index is 652. The maximum absolute atomic E-state index is 12.5. The lowest BCUT2D eigenvalue weighted by Crippen LogP contribution is -2.30. The van der Waals surface area contributed by atoms with E-state index in [1.165, 1.54) is 6.07 Å². The molecule has 6 heteroatoms. The van der Waals surface area contributed by atoms with Crippen LogP contribution >= 0.6 is 11.6 Å². The van der Waals surface area contributed by atoms with Gasteiger partial charge in [0.05, 0.1) is 15.6 Å². The third kappa shape index (κ3) is 2.22. The van der Waals surface area contributed by atoms with Crippen molar-refractivity contribution in [2.24, 2.45) is 10.8 Å². The predicted octanol–water partition coefficient (Wildman–Crippen LogP) is 2.94. The molecule has 0 saturated heterocycles. The van der Waals surface area contributed by atoms with Crippen molar-refractivity contribution < 1.29 is 8.42 Å². The Morgan fingerprint density at radius 2 is 1.70 bits per heavy atom. The number of sulfonamides is 1. The zero-order valence-electron chi connectivity index (χ0n) is 12.4. The first-order valence-corrected chi connectivity index (χ1v) is 8.35. The maximum atomic E-state index is 12.5. The van der Waals surface area contributed by atoms with Gasteiger partial charge in [0.1, 0.15) is 0 Å². The molecule has 112 valence electrons. The molecule has 1 fully saturated rings. The molecule has 1 saturated carbocycles. The van der Waals surface area contributed by atoms with Gasteiger partial charge in [0.25, 0.3) is 0 Å². The van der Waals surface area contributed by atoms with Crippen molar-refractivity contribution in [1.29, 1.82) is 0 Å². The van der Waals surface area contributed by atoms with Gasteiger partial charge in [0, 0.05) is 6.04 Å². The largest absolute Gasteiger partial charge is 0.397 e. The molecule has 0 amide bonds. The minimum Gasteiger partial charge on any atom is -0.397 e. The third-order valence-corrected chi connectivity index (χ3v) is 6.77. The highest BCUT2D eigenvalue weighted by Crippen LogP contribution is 2.63. The molecule has 0 bridgehead atoms. The Hall–Kier alpha value is -0.780. The first-order valence-electron chi connectivity index (χ1n) is 6.49. The van der Waals surface area contributed by atoms with E-state index in [1.54, 1.807) is 13.0 Å². The molecule has 1 aromatic carbocycles. The molecule has 0 radical (unpaired) electrons. The molecule has 1 aromatic rings. The summed E-state index contributed by atoms with van der Waals surface area (Å²) in [6, 6.07) is 2.91. The van der Waals surface area contributed by atoms with Crippen molar-refractivity contribution in [2.75, 3.05) is 5.73 Å². The standard InChI is InChI=1S/C14H21ClN2O2S/c1-8-6-9(15)10(16)7-11(8)20(18,19)17-12-13(2,3)14(12,4)5/h6-7,12,17H,16H2,1-5H3. The van der Waals surface area contributed by atoms with E-state index in [9.17, 15) is 8.42 Å². The van der Waals surface area contributed by atoms with E-state index in [4.69, 9.17) is 17.3 Å². The normalized spacial score (nSPS) is 20.9. The van der Waals surface area contributed by atoms with Crippen molar-refractivity contribution in [3.8, 4) is 0 Å². The zero-order chi connectivity index (χ0) is 15.5. The van der Waals surface area contributed by atoms with Crippen molar-refractivity contribution in [3.05, 3.63) is 22.7 Å². The van der Waals surface area contributed by atoms with E-state index in [0.717, 1.165) is 0 Å². The van der Waals surface area contributed by atoms with Crippen LogP contribution in [0.2, 0.25) is 5.02 Å². The molecular formula is C14H21ClN2O2S. The number of nitrogens with one attached hydrogen (secondary N) is 1. The highest BCUT2D eigenvalue weighted by molar-refractivity contribution is 7.89. The van der Waals surface area contributed by atoms with Gasteiger partial charge in [-0.3, -0.25) is 0 Å². The molecular weight excluding hydrogens is 296 g/mol. The van der Waals surface area contributed by atoms with Crippen LogP contribution < -0.4 is 10.5 Å². The fourth-order valence-electron chi connectivity index (χ4n) is 2.67. The quantitative estimate of drug-likeness (QED) is 0.842. The summed E-state index contributed by atoms with van der Waals surface area (Å²) in [5.74, 6) is 0. The van der Waals surface area contributed by atoms with Gasteiger partial charge < -0.3 is 5.73 Å². The third-order valence-electron chi connectivity index (χ3n) is 4.88. The second-order valence-electron chi connectivity index (χ2n) is 6.64. The Morgan fingerprint density at radius 1 is 1.20 bits per heavy atom. The maximum Gasteiger partial charge on any atom is 0.241 e. The van der Waals surface area contributed by atoms with Gasteiger partial charge in [-0.05, 0) is 35.4 Å². The summed E-state index contributed by atoms with van der Waals surface area (Å²) >= 11 is 5.90. The van der Waals surface area contributed by atoms with E-state index in [0.29, 0.717) is 10.6 Å². The zero-order valence-corrected chi connectivity index (χ0v) is 14.0. The van der Waals surface area contributed by atoms with E-state index in [1.807, 2.05) is 0 Å². The smallest absolute Gasteiger partial charge is 0.241 e. The van der Waals surface area contributed by atoms with Gasteiger partial charge in [0.2, 0.25) is 10.0 Å². The minimum atomic E-state index is -3.60. The Labute approximate surface area is 125 Å². The first kappa shape index (κ1) is 15.6. The molecule has 20 heavy (non-hydrogen) atoms. The molecule has 3 N–H and O–H groups in total. The average molecular weight is 317 g/mol. The van der Waals surface area contributed by atoms with Crippen LogP contribution in [0, 0.1) is 17.8 Å². The number of nitrogens with two attached hydrogens (primary N) is 1. The molecule has 1 aliphatic rings. The van der Waals surface area contributed by atoms with Crippen LogP contribution in [0.5, 0.6) is 0 Å². The van der Waals surface area contributed by atoms with Crippen LogP contribution in [0.25, 0.3) is 0 Å². The molecule has 4 nitrogen and oxygen atoms in total. The summed E-state index contributed by atoms with van der Waals surface area (Å²) in [4.78, 5) is 0.192. The molecule has 0 aromatic heterocycles. The number of hydrogen-bond acceptors (Lipinski definition) is 3. The van der Waals surface area contributed by atoms with Gasteiger partial charge in [-0.1, -0.05) is 39.3 Å². The van der Waals surface area contributed by atoms with Gasteiger partial charge in [-0.15, -0.1) is 0 Å². The molecule has 2 rings (SSSR count). The number of nitrogen functional groups attached to an aromatic ring is 1. The van der Waals surface area contributed by atoms with Gasteiger partial charge in [-0.25, -0.2) is 13.1 Å². The summed E-state index contributed by atoms with van der Waals surface area (Å²) in [6.45, 7) is 9.95. The van der Waals surface area contributed by atoms with Crippen molar-refractivity contribution in [3.63, 3.8) is 0 Å². The van der Waals surface area contributed by atoms with Crippen molar-refractivity contribution in [1.82, 2.24) is 4.72 Å². The molecule has 0 atom stereocenters. The second kappa shape index (κ2) is 4.36. The highest BCUT2D eigenvalue weighted by atomic mass is 35.5. The van der Waals surface area contributed by atoms with Crippen molar-refractivity contribution >= 4 is 27.3 Å². The lowest BCUT2D eigenvalue weighted by molar-refractivity contribution is 0.457. The number of hydrogen-bond donors (Lipinski definition) is 2. The number of halogens is 1. The van der Waals surface area contributed by atoms with Crippen LogP contribution in [0.1, 0.15) is 33.3 Å². The van der Waals surface area contributed by atoms with Crippen LogP contribution in [-0.4, -0.2) is 14.5 Å². The summed E-state index contributed by atoms with van der Waals surface area (Å²) in [5.41, 5.74) is 6.45. The van der Waals surface area contributed by atoms with E-state index in [-0.39, 0.29) is 27.5 Å². The second-order valence-corrected chi connectivity index (χ2v) is 8.73. The lowest BCUT2D eigenvalue weighted by atomic mass is 10.0. The Balaban J connectivity index is 2.36. The van der Waals surface area contributed by atoms with Gasteiger partial charge >= 0.3 is 0 Å². The first-order chi connectivity index (χ1) is 8.91. The van der Waals surface area contributed by atoms with E-state index in [2.05, 4.69) is 32.4 Å². The number of aryl methyl sites for hydroxylation is 1. The summed E-state index contributed by atoms with van der Waals surface area (Å²) < 4.78 is 27.9. The van der Waals surface area contributed by atoms with E-state index >= 15 is 0 Å². The number of anilines is 1.